The predicted molar refractivity (Wildman–Crippen MR) is 156 cm³/mol. The largest absolute Gasteiger partial charge is 0.497 e. The molecule has 2 aromatic heterocycles. The van der Waals surface area contributed by atoms with Crippen LogP contribution in [-0.2, 0) is 17.8 Å². The van der Waals surface area contributed by atoms with E-state index < -0.39 is 10.9 Å². The molecule has 0 saturated carbocycles. The highest BCUT2D eigenvalue weighted by Gasteiger charge is 2.20. The summed E-state index contributed by atoms with van der Waals surface area (Å²) in [5.74, 6) is -0.639. The van der Waals surface area contributed by atoms with Crippen molar-refractivity contribution in [3.63, 3.8) is 0 Å². The van der Waals surface area contributed by atoms with Crippen molar-refractivity contribution in [1.82, 2.24) is 20.0 Å². The normalized spacial score (nSPS) is 11.3. The smallest absolute Gasteiger partial charge is 0.352 e. The molecule has 14 heteroatoms. The summed E-state index contributed by atoms with van der Waals surface area (Å²) in [5.41, 5.74) is 5.91. The van der Waals surface area contributed by atoms with E-state index in [-0.39, 0.29) is 30.0 Å². The number of methoxy groups -OCH3 is 1. The Bertz CT molecular complexity index is 1760. The van der Waals surface area contributed by atoms with Gasteiger partial charge in [-0.05, 0) is 42.0 Å². The Morgan fingerprint density at radius 1 is 1.10 bits per heavy atom. The SMILES string of the molecule is COc1ccc(-c2nc(NN=C(Cc3ccccc3[N+](=O)[O-])C(=O)O)sc2-c2ccc(-n3cc(CO)nn3)cc2)cc1. The van der Waals surface area contributed by atoms with E-state index in [2.05, 4.69) is 20.8 Å². The first kappa shape index (κ1) is 28.1. The van der Waals surface area contributed by atoms with Crippen LogP contribution < -0.4 is 10.2 Å². The lowest BCUT2D eigenvalue weighted by molar-refractivity contribution is -0.385. The number of thiazole rings is 1. The Labute approximate surface area is 242 Å². The molecule has 0 aliphatic heterocycles. The van der Waals surface area contributed by atoms with Crippen LogP contribution >= 0.6 is 11.3 Å². The molecule has 0 saturated heterocycles. The van der Waals surface area contributed by atoms with E-state index in [0.717, 1.165) is 21.7 Å². The highest BCUT2D eigenvalue weighted by Crippen LogP contribution is 2.39. The quantitative estimate of drug-likeness (QED) is 0.113. The van der Waals surface area contributed by atoms with Gasteiger partial charge in [-0.1, -0.05) is 46.9 Å². The van der Waals surface area contributed by atoms with Crippen LogP contribution in [0, 0.1) is 10.1 Å². The van der Waals surface area contributed by atoms with Gasteiger partial charge in [0, 0.05) is 23.6 Å². The number of aromatic nitrogens is 4. The molecule has 212 valence electrons. The molecule has 3 aromatic carbocycles. The van der Waals surface area contributed by atoms with Crippen molar-refractivity contribution in [3.05, 3.63) is 100 Å². The van der Waals surface area contributed by atoms with Gasteiger partial charge in [0.05, 0.1) is 41.1 Å². The second-order valence-corrected chi connectivity index (χ2v) is 9.82. The van der Waals surface area contributed by atoms with Gasteiger partial charge < -0.3 is 14.9 Å². The molecule has 5 rings (SSSR count). The van der Waals surface area contributed by atoms with Crippen molar-refractivity contribution in [2.24, 2.45) is 5.10 Å². The minimum Gasteiger partial charge on any atom is -0.497 e. The Balaban J connectivity index is 1.48. The molecule has 0 radical (unpaired) electrons. The van der Waals surface area contributed by atoms with Crippen LogP contribution in [0.1, 0.15) is 11.3 Å². The number of anilines is 1. The van der Waals surface area contributed by atoms with E-state index in [0.29, 0.717) is 22.3 Å². The minimum absolute atomic E-state index is 0.188. The molecule has 0 aliphatic rings. The van der Waals surface area contributed by atoms with Crippen LogP contribution in [-0.4, -0.2) is 53.9 Å². The zero-order valence-corrected chi connectivity index (χ0v) is 22.9. The van der Waals surface area contributed by atoms with E-state index in [1.54, 1.807) is 24.1 Å². The second kappa shape index (κ2) is 12.4. The van der Waals surface area contributed by atoms with Gasteiger partial charge in [0.15, 0.2) is 0 Å². The third-order valence-electron chi connectivity index (χ3n) is 6.17. The maximum Gasteiger partial charge on any atom is 0.352 e. The molecule has 0 spiro atoms. The number of ether oxygens (including phenoxy) is 1. The first-order chi connectivity index (χ1) is 20.4. The summed E-state index contributed by atoms with van der Waals surface area (Å²) < 4.78 is 6.83. The summed E-state index contributed by atoms with van der Waals surface area (Å²) in [6, 6.07) is 20.8. The van der Waals surface area contributed by atoms with Crippen LogP contribution in [0.5, 0.6) is 5.75 Å². The zero-order valence-electron chi connectivity index (χ0n) is 22.0. The van der Waals surface area contributed by atoms with Crippen molar-refractivity contribution in [1.29, 1.82) is 0 Å². The fourth-order valence-corrected chi connectivity index (χ4v) is 5.00. The lowest BCUT2D eigenvalue weighted by atomic mass is 10.1. The molecule has 0 fully saturated rings. The number of hydrogen-bond acceptors (Lipinski definition) is 11. The average molecular weight is 586 g/mol. The minimum atomic E-state index is -1.32. The van der Waals surface area contributed by atoms with E-state index in [1.807, 2.05) is 48.5 Å². The van der Waals surface area contributed by atoms with Crippen LogP contribution in [0.2, 0.25) is 0 Å². The molecule has 3 N–H and O–H groups in total. The number of nitrogens with zero attached hydrogens (tertiary/aromatic N) is 6. The molecular weight excluding hydrogens is 562 g/mol. The van der Waals surface area contributed by atoms with Crippen molar-refractivity contribution < 1.29 is 24.7 Å². The molecule has 0 bridgehead atoms. The monoisotopic (exact) mass is 585 g/mol. The van der Waals surface area contributed by atoms with Crippen LogP contribution in [0.3, 0.4) is 0 Å². The highest BCUT2D eigenvalue weighted by molar-refractivity contribution is 7.19. The van der Waals surface area contributed by atoms with Gasteiger partial charge in [-0.15, -0.1) is 5.10 Å². The molecule has 0 aliphatic carbocycles. The van der Waals surface area contributed by atoms with Gasteiger partial charge in [0.2, 0.25) is 5.13 Å². The number of hydrogen-bond donors (Lipinski definition) is 3. The van der Waals surface area contributed by atoms with E-state index in [1.165, 1.54) is 29.5 Å². The highest BCUT2D eigenvalue weighted by atomic mass is 32.1. The number of benzene rings is 3. The Hall–Kier alpha value is -5.47. The molecule has 5 aromatic rings. The van der Waals surface area contributed by atoms with Crippen LogP contribution in [0.15, 0.2) is 84.1 Å². The third kappa shape index (κ3) is 6.14. The van der Waals surface area contributed by atoms with Gasteiger partial charge in [-0.25, -0.2) is 14.5 Å². The number of nitro benzene ring substituents is 1. The maximum absolute atomic E-state index is 12.0. The number of rotatable bonds is 11. The average Bonchev–Trinajstić information content (AvgIpc) is 3.67. The topological polar surface area (TPSA) is 178 Å². The van der Waals surface area contributed by atoms with Gasteiger partial charge >= 0.3 is 5.97 Å². The molecular formula is C28H23N7O6S. The summed E-state index contributed by atoms with van der Waals surface area (Å²) in [7, 11) is 1.58. The first-order valence-electron chi connectivity index (χ1n) is 12.4. The fourth-order valence-electron chi connectivity index (χ4n) is 4.07. The molecule has 2 heterocycles. The van der Waals surface area contributed by atoms with E-state index in [4.69, 9.17) is 9.72 Å². The number of nitrogens with one attached hydrogen (secondary N) is 1. The van der Waals surface area contributed by atoms with E-state index >= 15 is 0 Å². The summed E-state index contributed by atoms with van der Waals surface area (Å²) in [5, 5.41) is 42.7. The number of carboxylic acid groups (broad SMARTS) is 1. The molecule has 13 nitrogen and oxygen atoms in total. The molecule has 0 amide bonds. The van der Waals surface area contributed by atoms with Crippen molar-refractivity contribution in [2.75, 3.05) is 12.5 Å². The number of aliphatic hydroxyl groups excluding tert-OH is 1. The number of aliphatic carboxylic acids is 1. The van der Waals surface area contributed by atoms with Crippen molar-refractivity contribution in [3.8, 4) is 33.1 Å². The third-order valence-corrected chi connectivity index (χ3v) is 7.18. The summed E-state index contributed by atoms with van der Waals surface area (Å²) in [6.07, 6.45) is 1.37. The Kier molecular flexibility index (Phi) is 8.27. The fraction of sp³-hybridized carbons (Fsp3) is 0.107. The van der Waals surface area contributed by atoms with Gasteiger partial charge in [0.25, 0.3) is 5.69 Å². The number of nitro groups is 1. The first-order valence-corrected chi connectivity index (χ1v) is 13.2. The second-order valence-electron chi connectivity index (χ2n) is 8.82. The Morgan fingerprint density at radius 3 is 2.45 bits per heavy atom. The predicted octanol–water partition coefficient (Wildman–Crippen LogP) is 4.56. The molecule has 0 atom stereocenters. The van der Waals surface area contributed by atoms with Crippen molar-refractivity contribution >= 4 is 33.8 Å². The van der Waals surface area contributed by atoms with Gasteiger partial charge in [0.1, 0.15) is 17.2 Å². The standard InChI is InChI=1S/C28H23N7O6S/c1-41-22-12-8-17(9-13-22)25-26(18-6-10-21(11-7-18)34-15-20(16-36)30-33-34)42-28(29-25)32-31-23(27(37)38)14-19-4-2-3-5-24(19)35(39)40/h2-13,15,36H,14,16H2,1H3,(H,29,32)(H,37,38). The number of hydrazone groups is 1. The Morgan fingerprint density at radius 2 is 1.81 bits per heavy atom. The maximum atomic E-state index is 12.0. The number of para-hydroxylation sites is 1. The van der Waals surface area contributed by atoms with Crippen molar-refractivity contribution in [2.45, 2.75) is 13.0 Å². The van der Waals surface area contributed by atoms with Crippen LogP contribution in [0.4, 0.5) is 10.8 Å². The van der Waals surface area contributed by atoms with Gasteiger partial charge in [-0.3, -0.25) is 15.5 Å². The summed E-state index contributed by atoms with van der Waals surface area (Å²) >= 11 is 1.27. The van der Waals surface area contributed by atoms with Crippen LogP contribution in [0.25, 0.3) is 27.4 Å². The molecule has 0 unspecified atom stereocenters. The summed E-state index contributed by atoms with van der Waals surface area (Å²) in [6.45, 7) is -0.214. The summed E-state index contributed by atoms with van der Waals surface area (Å²) in [4.78, 5) is 28.3. The number of aliphatic hydroxyl groups is 1. The lowest BCUT2D eigenvalue weighted by Crippen LogP contribution is -2.18. The zero-order chi connectivity index (χ0) is 29.6. The number of carboxylic acids is 1. The lowest BCUT2D eigenvalue weighted by Gasteiger charge is -2.06. The number of carbonyl (C=O) groups is 1. The molecule has 42 heavy (non-hydrogen) atoms. The van der Waals surface area contributed by atoms with Gasteiger partial charge in [-0.2, -0.15) is 5.10 Å². The van der Waals surface area contributed by atoms with E-state index in [9.17, 15) is 25.1 Å².